The lowest BCUT2D eigenvalue weighted by Crippen LogP contribution is -2.71. The Bertz CT molecular complexity index is 2790. The van der Waals surface area contributed by atoms with Gasteiger partial charge in [-0.2, -0.15) is 0 Å². The summed E-state index contributed by atoms with van der Waals surface area (Å²) in [4.78, 5) is 39.6. The molecule has 32 atom stereocenters. The Kier molecular flexibility index (Phi) is 51.2. The molecule has 0 aromatic carbocycles. The van der Waals surface area contributed by atoms with Crippen molar-refractivity contribution in [1.29, 1.82) is 0 Å². The van der Waals surface area contributed by atoms with Crippen LogP contribution in [0.15, 0.2) is 24.3 Å². The fraction of sp³-hybridized carbons (Fsp3) is 0.917. The van der Waals surface area contributed by atoms with E-state index in [1.807, 2.05) is 6.08 Å². The molecule has 6 aliphatic rings. The van der Waals surface area contributed by atoms with E-state index in [2.05, 4.69) is 41.9 Å². The number of aliphatic hydroxyl groups excluding tert-OH is 18. The molecule has 120 heavy (non-hydrogen) atoms. The zero-order valence-corrected chi connectivity index (χ0v) is 70.9. The van der Waals surface area contributed by atoms with Gasteiger partial charge in [0, 0.05) is 20.3 Å². The van der Waals surface area contributed by atoms with Gasteiger partial charge in [0.2, 0.25) is 17.7 Å². The van der Waals surface area contributed by atoms with Gasteiger partial charge in [-0.25, -0.2) is 0 Å². The number of hydrogen-bond donors (Lipinski definition) is 21. The Morgan fingerprint density at radius 1 is 0.325 bits per heavy atom. The molecule has 6 heterocycles. The number of carbonyl (C=O) groups excluding carboxylic acids is 3. The van der Waals surface area contributed by atoms with Gasteiger partial charge in [-0.15, -0.1) is 0 Å². The molecule has 12 unspecified atom stereocenters. The zero-order valence-electron chi connectivity index (χ0n) is 70.9. The van der Waals surface area contributed by atoms with Crippen molar-refractivity contribution in [3.8, 4) is 0 Å². The number of unbranched alkanes of at least 4 members (excludes halogenated alkanes) is 30. The van der Waals surface area contributed by atoms with Crippen molar-refractivity contribution in [2.45, 2.75) is 442 Å². The molecule has 0 saturated carbocycles. The number of rotatable bonds is 59. The first-order valence-electron chi connectivity index (χ1n) is 44.6. The van der Waals surface area contributed by atoms with Gasteiger partial charge in [-0.05, 0) is 44.9 Å². The summed E-state index contributed by atoms with van der Waals surface area (Å²) in [5.41, 5.74) is 0. The molecule has 6 rings (SSSR count). The Morgan fingerprint density at radius 3 is 1.00 bits per heavy atom. The van der Waals surface area contributed by atoms with Crippen molar-refractivity contribution in [1.82, 2.24) is 16.0 Å². The van der Waals surface area contributed by atoms with Crippen LogP contribution in [0.25, 0.3) is 0 Å². The number of hydrogen-bond acceptors (Lipinski definition) is 33. The molecule has 6 aliphatic heterocycles. The van der Waals surface area contributed by atoms with E-state index in [0.29, 0.717) is 12.8 Å². The maximum absolute atomic E-state index is 13.6. The highest BCUT2D eigenvalue weighted by atomic mass is 16.8. The lowest BCUT2D eigenvalue weighted by molar-refractivity contribution is -0.386. The lowest BCUT2D eigenvalue weighted by atomic mass is 9.93. The smallest absolute Gasteiger partial charge is 0.220 e. The summed E-state index contributed by atoms with van der Waals surface area (Å²) in [7, 11) is 0. The van der Waals surface area contributed by atoms with Gasteiger partial charge in [0.1, 0.15) is 146 Å². The van der Waals surface area contributed by atoms with E-state index in [1.54, 1.807) is 6.08 Å². The number of allylic oxidation sites excluding steroid dienone is 3. The average Bonchev–Trinajstić information content (AvgIpc) is 0.766. The van der Waals surface area contributed by atoms with Crippen LogP contribution in [-0.4, -0.2) is 352 Å². The first-order chi connectivity index (χ1) is 57.8. The average molecular weight is 1730 g/mol. The van der Waals surface area contributed by atoms with E-state index >= 15 is 0 Å². The summed E-state index contributed by atoms with van der Waals surface area (Å²) in [6.07, 6.45) is -9.23. The zero-order chi connectivity index (χ0) is 87.6. The van der Waals surface area contributed by atoms with Crippen molar-refractivity contribution in [3.05, 3.63) is 24.3 Å². The lowest BCUT2D eigenvalue weighted by Gasteiger charge is -2.51. The summed E-state index contributed by atoms with van der Waals surface area (Å²) in [5.74, 6) is -2.10. The standard InChI is InChI=1S/C84H151N3O33/c1-5-7-9-11-13-15-17-19-20-21-22-23-24-25-26-27-28-30-32-34-36-38-40-42-60(97)87-52(53(96)41-39-37-35-33-31-29-18-16-14-12-10-8-6-2)49-109-81-71(106)69(104)74(59(48-93)115-81)116-83-72(107)77(66(101)57(46-91)113-83)119-80-62(86-51(4)95)76(65(100)56(45-90)111-80)118-84-73(108)78(67(102)58(47-92)114-84)120-79-61(85-50(3)94)75(64(99)55(44-89)110-79)117-82-70(105)68(103)63(98)54(43-88)112-82/h19-20,39,41,52-59,61-84,88-93,96,98-108H,5-18,21-38,40,42-49H2,1-4H3,(H,85,94)(H,86,95)(H,87,97)/b20-19-,41-39+/t52-,53+,54?,55?,56?,57?,58?,59?,61?,62?,63-,64+,65+,66-,67-,68-,69+,70?,71?,72?,73?,74+,75+,76+,77-,78-,79-,80-,81+,82-,83-,84-/m0/s1. The van der Waals surface area contributed by atoms with Gasteiger partial charge in [-0.1, -0.05) is 205 Å². The van der Waals surface area contributed by atoms with Crippen LogP contribution < -0.4 is 16.0 Å². The highest BCUT2D eigenvalue weighted by molar-refractivity contribution is 5.76. The Balaban J connectivity index is 1.08. The quantitative estimate of drug-likeness (QED) is 0.0291. The van der Waals surface area contributed by atoms with Gasteiger partial charge in [0.15, 0.2) is 37.7 Å². The fourth-order valence-electron chi connectivity index (χ4n) is 16.2. The van der Waals surface area contributed by atoms with E-state index in [1.165, 1.54) is 148 Å². The minimum absolute atomic E-state index is 0.167. The van der Waals surface area contributed by atoms with Gasteiger partial charge in [0.05, 0.1) is 58.4 Å². The molecule has 6 fully saturated rings. The SMILES string of the molecule is CCCCCCCC/C=C\CCCCCCCCCCCCCCCC(=O)N[C@@H](CO[C@@H]1OC(CO)[C@@H](O[C@@H]2OC(CO)[C@H](O)[C@H](O[C@@H]3OC(CO)[C@@H](O)[C@H](O[C@@H]4OC(CO)[C@H](O)[C@H](O[C@@H]5OC(CO)[C@@H](O)[C@H](O[C@@H]6OC(CO)[C@H](O)[C@H](O)C6O)C5NC(C)=O)C4O)C3NC(C)=O)C2O)[C@H](O)C1O)[C@H](O)/C=C/CCCCCCCCCCCCC. The molecule has 6 saturated heterocycles. The van der Waals surface area contributed by atoms with E-state index in [4.69, 9.17) is 56.8 Å². The van der Waals surface area contributed by atoms with Crippen LogP contribution >= 0.6 is 0 Å². The third-order valence-corrected chi connectivity index (χ3v) is 23.4. The third-order valence-electron chi connectivity index (χ3n) is 23.4. The molecule has 36 nitrogen and oxygen atoms in total. The molecule has 700 valence electrons. The molecule has 0 aromatic heterocycles. The predicted octanol–water partition coefficient (Wildman–Crippen LogP) is 0.473. The molecule has 0 spiro atoms. The summed E-state index contributed by atoms with van der Waals surface area (Å²) in [5, 5.41) is 209. The molecule has 21 N–H and O–H groups in total. The first kappa shape index (κ1) is 105. The van der Waals surface area contributed by atoms with Crippen molar-refractivity contribution >= 4 is 17.7 Å². The second-order valence-corrected chi connectivity index (χ2v) is 33.1. The van der Waals surface area contributed by atoms with Crippen LogP contribution in [0.1, 0.15) is 246 Å². The fourth-order valence-corrected chi connectivity index (χ4v) is 16.2. The Labute approximate surface area is 706 Å². The van der Waals surface area contributed by atoms with Crippen LogP contribution in [-0.2, 0) is 71.2 Å². The van der Waals surface area contributed by atoms with E-state index in [0.717, 1.165) is 65.2 Å². The van der Waals surface area contributed by atoms with Crippen LogP contribution in [0.3, 0.4) is 0 Å². The topological polar surface area (TPSA) is 562 Å². The second-order valence-electron chi connectivity index (χ2n) is 33.1. The van der Waals surface area contributed by atoms with E-state index < -0.39 is 254 Å². The summed E-state index contributed by atoms with van der Waals surface area (Å²) in [6, 6.07) is -4.72. The minimum atomic E-state index is -2.30. The normalized spacial score (nSPS) is 35.6. The van der Waals surface area contributed by atoms with Crippen LogP contribution in [0.4, 0.5) is 0 Å². The Morgan fingerprint density at radius 2 is 0.625 bits per heavy atom. The molecule has 0 aliphatic carbocycles. The maximum atomic E-state index is 13.6. The van der Waals surface area contributed by atoms with Gasteiger partial charge in [0.25, 0.3) is 0 Å². The number of amides is 3. The number of ether oxygens (including phenoxy) is 12. The van der Waals surface area contributed by atoms with Gasteiger partial charge in [-0.3, -0.25) is 14.4 Å². The molecule has 0 radical (unpaired) electrons. The summed E-state index contributed by atoms with van der Waals surface area (Å²) < 4.78 is 71.3. The second kappa shape index (κ2) is 58.2. The first-order valence-corrected chi connectivity index (χ1v) is 44.6. The number of aliphatic hydroxyl groups is 18. The van der Waals surface area contributed by atoms with E-state index in [9.17, 15) is 106 Å². The highest BCUT2D eigenvalue weighted by Gasteiger charge is 2.59. The van der Waals surface area contributed by atoms with Crippen LogP contribution in [0.5, 0.6) is 0 Å². The van der Waals surface area contributed by atoms with Crippen molar-refractivity contribution in [2.24, 2.45) is 0 Å². The molecule has 0 aromatic rings. The molecular weight excluding hydrogens is 1580 g/mol. The van der Waals surface area contributed by atoms with Gasteiger partial charge >= 0.3 is 0 Å². The highest BCUT2D eigenvalue weighted by Crippen LogP contribution is 2.38. The molecular formula is C84H151N3O33. The number of nitrogens with one attached hydrogen (secondary N) is 3. The van der Waals surface area contributed by atoms with Crippen molar-refractivity contribution in [2.75, 3.05) is 46.2 Å². The van der Waals surface area contributed by atoms with Crippen LogP contribution in [0, 0.1) is 0 Å². The third kappa shape index (κ3) is 33.7. The molecule has 0 bridgehead atoms. The molecule has 3 amide bonds. The largest absolute Gasteiger partial charge is 0.394 e. The summed E-state index contributed by atoms with van der Waals surface area (Å²) in [6.45, 7) is -0.00976. The number of carbonyl (C=O) groups is 3. The predicted molar refractivity (Wildman–Crippen MR) is 431 cm³/mol. The van der Waals surface area contributed by atoms with Crippen LogP contribution in [0.2, 0.25) is 0 Å². The monoisotopic (exact) mass is 1730 g/mol. The Hall–Kier alpha value is -3.31. The van der Waals surface area contributed by atoms with Crippen molar-refractivity contribution in [3.63, 3.8) is 0 Å². The van der Waals surface area contributed by atoms with E-state index in [-0.39, 0.29) is 12.3 Å². The van der Waals surface area contributed by atoms with Gasteiger partial charge < -0.3 is 165 Å². The maximum Gasteiger partial charge on any atom is 0.220 e. The minimum Gasteiger partial charge on any atom is -0.394 e. The van der Waals surface area contributed by atoms with Crippen molar-refractivity contribution < 1.29 is 163 Å². The molecule has 36 heteroatoms. The summed E-state index contributed by atoms with van der Waals surface area (Å²) >= 11 is 0.